The Morgan fingerprint density at radius 2 is 1.09 bits per heavy atom. The molecule has 0 rings (SSSR count). The van der Waals surface area contributed by atoms with Crippen LogP contribution in [0, 0.1) is 0 Å². The van der Waals surface area contributed by atoms with E-state index >= 15 is 0 Å². The lowest BCUT2D eigenvalue weighted by atomic mass is 10.1. The van der Waals surface area contributed by atoms with E-state index in [1.807, 2.05) is 5.32 Å². The fourth-order valence-corrected chi connectivity index (χ4v) is 2.42. The second-order valence-electron chi connectivity index (χ2n) is 7.34. The van der Waals surface area contributed by atoms with Gasteiger partial charge in [0.1, 0.15) is 12.1 Å². The van der Waals surface area contributed by atoms with Crippen LogP contribution in [0.1, 0.15) is 20.8 Å². The Kier molecular flexibility index (Phi) is 13.3. The number of aliphatic carboxylic acids is 1. The number of aliphatic hydroxyl groups excluding tert-OH is 3. The van der Waals surface area contributed by atoms with E-state index in [2.05, 4.69) is 21.3 Å². The minimum atomic E-state index is -1.69. The van der Waals surface area contributed by atoms with Gasteiger partial charge < -0.3 is 52.7 Å². The first-order valence-corrected chi connectivity index (χ1v) is 10.1. The fraction of sp³-hybridized carbons (Fsp3) is 0.667. The summed E-state index contributed by atoms with van der Waals surface area (Å²) in [6, 6.07) is -4.65. The third kappa shape index (κ3) is 11.0. The maximum absolute atomic E-state index is 12.2. The van der Waals surface area contributed by atoms with Crippen molar-refractivity contribution in [2.75, 3.05) is 19.6 Å². The lowest BCUT2D eigenvalue weighted by Crippen LogP contribution is -2.59. The number of aliphatic hydroxyl groups is 3. The van der Waals surface area contributed by atoms with Crippen molar-refractivity contribution in [2.45, 2.75) is 57.2 Å². The van der Waals surface area contributed by atoms with E-state index in [9.17, 15) is 44.1 Å². The maximum Gasteiger partial charge on any atom is 0.328 e. The van der Waals surface area contributed by atoms with E-state index in [1.165, 1.54) is 6.92 Å². The number of hydrogen-bond acceptors (Lipinski definition) is 10. The zero-order chi connectivity index (χ0) is 26.6. The Labute approximate surface area is 194 Å². The van der Waals surface area contributed by atoms with Crippen LogP contribution in [-0.4, -0.2) is 112 Å². The highest BCUT2D eigenvalue weighted by Gasteiger charge is 2.32. The van der Waals surface area contributed by atoms with Gasteiger partial charge in [0.15, 0.2) is 6.04 Å². The summed E-state index contributed by atoms with van der Waals surface area (Å²) in [4.78, 5) is 70.6. The molecule has 0 aromatic heterocycles. The van der Waals surface area contributed by atoms with Crippen molar-refractivity contribution in [3.8, 4) is 0 Å². The lowest BCUT2D eigenvalue weighted by Gasteiger charge is -2.24. The molecule has 0 aliphatic heterocycles. The molecule has 0 saturated carbocycles. The van der Waals surface area contributed by atoms with Gasteiger partial charge in [-0.2, -0.15) is 0 Å². The van der Waals surface area contributed by atoms with Crippen molar-refractivity contribution in [3.63, 3.8) is 0 Å². The van der Waals surface area contributed by atoms with Gasteiger partial charge in [0.2, 0.25) is 29.5 Å². The molecular formula is C18H32N6O10. The third-order valence-electron chi connectivity index (χ3n) is 4.26. The van der Waals surface area contributed by atoms with Crippen LogP contribution in [0.4, 0.5) is 0 Å². The molecule has 0 aliphatic carbocycles. The maximum atomic E-state index is 12.2. The van der Waals surface area contributed by atoms with E-state index in [0.29, 0.717) is 0 Å². The van der Waals surface area contributed by atoms with Crippen molar-refractivity contribution in [2.24, 2.45) is 5.73 Å². The van der Waals surface area contributed by atoms with Gasteiger partial charge in [-0.05, 0) is 20.8 Å². The largest absolute Gasteiger partial charge is 0.480 e. The number of nitrogens with two attached hydrogens (primary N) is 1. The van der Waals surface area contributed by atoms with Gasteiger partial charge in [0.25, 0.3) is 0 Å². The summed E-state index contributed by atoms with van der Waals surface area (Å²) in [5, 5.41) is 48.3. The molecule has 0 spiro atoms. The summed E-state index contributed by atoms with van der Waals surface area (Å²) in [6.45, 7) is 1.79. The highest BCUT2D eigenvalue weighted by atomic mass is 16.4. The van der Waals surface area contributed by atoms with E-state index in [4.69, 9.17) is 10.8 Å². The molecule has 0 saturated heterocycles. The summed E-state index contributed by atoms with van der Waals surface area (Å²) in [5.41, 5.74) is 5.13. The van der Waals surface area contributed by atoms with Gasteiger partial charge >= 0.3 is 5.97 Å². The number of rotatable bonds is 14. The number of carboxylic acid groups (broad SMARTS) is 1. The van der Waals surface area contributed by atoms with Crippen LogP contribution in [0.15, 0.2) is 0 Å². The zero-order valence-electron chi connectivity index (χ0n) is 18.9. The van der Waals surface area contributed by atoms with Gasteiger partial charge in [0.05, 0.1) is 37.9 Å². The topological polar surface area (TPSA) is 270 Å². The predicted octanol–water partition coefficient (Wildman–Crippen LogP) is -6.14. The van der Waals surface area contributed by atoms with Crippen LogP contribution < -0.4 is 32.3 Å². The Morgan fingerprint density at radius 1 is 0.647 bits per heavy atom. The Hall–Kier alpha value is -3.34. The van der Waals surface area contributed by atoms with Crippen molar-refractivity contribution >= 4 is 35.5 Å². The highest BCUT2D eigenvalue weighted by molar-refractivity contribution is 5.94. The Bertz CT molecular complexity index is 758. The summed E-state index contributed by atoms with van der Waals surface area (Å²) >= 11 is 0. The first-order valence-electron chi connectivity index (χ1n) is 10.1. The molecular weight excluding hydrogens is 460 g/mol. The molecule has 194 valence electrons. The quantitative estimate of drug-likeness (QED) is 0.109. The summed E-state index contributed by atoms with van der Waals surface area (Å²) in [6.07, 6.45) is -4.20. The number of hydrogen-bond donors (Lipinski definition) is 10. The minimum absolute atomic E-state index is 0.423. The number of carboxylic acids is 1. The monoisotopic (exact) mass is 492 g/mol. The summed E-state index contributed by atoms with van der Waals surface area (Å²) in [7, 11) is 0. The molecule has 6 atom stereocenters. The van der Waals surface area contributed by atoms with Crippen LogP contribution in [0.2, 0.25) is 0 Å². The van der Waals surface area contributed by atoms with E-state index in [1.54, 1.807) is 0 Å². The van der Waals surface area contributed by atoms with E-state index in [-0.39, 0.29) is 0 Å². The Morgan fingerprint density at radius 3 is 1.53 bits per heavy atom. The van der Waals surface area contributed by atoms with Crippen LogP contribution >= 0.6 is 0 Å². The van der Waals surface area contributed by atoms with Gasteiger partial charge in [-0.25, -0.2) is 4.79 Å². The van der Waals surface area contributed by atoms with Gasteiger partial charge in [-0.1, -0.05) is 0 Å². The molecule has 5 amide bonds. The number of nitrogens with one attached hydrogen (secondary N) is 5. The molecule has 34 heavy (non-hydrogen) atoms. The van der Waals surface area contributed by atoms with Crippen LogP contribution in [0.25, 0.3) is 0 Å². The van der Waals surface area contributed by atoms with Gasteiger partial charge in [-0.3, -0.25) is 24.0 Å². The molecule has 11 N–H and O–H groups in total. The lowest BCUT2D eigenvalue weighted by molar-refractivity contribution is -0.145. The highest BCUT2D eigenvalue weighted by Crippen LogP contribution is 1.99. The second-order valence-corrected chi connectivity index (χ2v) is 7.34. The zero-order valence-corrected chi connectivity index (χ0v) is 18.9. The molecule has 0 aromatic carbocycles. The van der Waals surface area contributed by atoms with E-state index in [0.717, 1.165) is 13.8 Å². The van der Waals surface area contributed by atoms with Crippen LogP contribution in [0.5, 0.6) is 0 Å². The molecule has 0 radical (unpaired) electrons. The number of carbonyl (C=O) groups is 6. The second kappa shape index (κ2) is 14.7. The Balaban J connectivity index is 4.77. The number of amides is 5. The first kappa shape index (κ1) is 30.7. The molecule has 0 unspecified atom stereocenters. The predicted molar refractivity (Wildman–Crippen MR) is 114 cm³/mol. The first-order chi connectivity index (χ1) is 15.7. The SMILES string of the molecule is C[C@@H](O)[C@H](NC(=O)[C@@H](NC(=O)CNC(=O)CNC(=O)[C@@H](NC(=O)CN)[C@@H](C)O)[C@@H](C)O)C(=O)O. The molecule has 0 bridgehead atoms. The van der Waals surface area contributed by atoms with Crippen molar-refractivity contribution in [1.82, 2.24) is 26.6 Å². The fourth-order valence-electron chi connectivity index (χ4n) is 2.42. The summed E-state index contributed by atoms with van der Waals surface area (Å²) in [5.74, 6) is -5.97. The summed E-state index contributed by atoms with van der Waals surface area (Å²) < 4.78 is 0. The normalized spacial score (nSPS) is 16.0. The van der Waals surface area contributed by atoms with Crippen molar-refractivity contribution in [1.29, 1.82) is 0 Å². The molecule has 16 heteroatoms. The third-order valence-corrected chi connectivity index (χ3v) is 4.26. The molecule has 0 aromatic rings. The van der Waals surface area contributed by atoms with Crippen LogP contribution in [0.3, 0.4) is 0 Å². The molecule has 0 fully saturated rings. The minimum Gasteiger partial charge on any atom is -0.480 e. The average Bonchev–Trinajstić information content (AvgIpc) is 2.74. The van der Waals surface area contributed by atoms with Gasteiger partial charge in [0, 0.05) is 0 Å². The molecule has 0 heterocycles. The van der Waals surface area contributed by atoms with Crippen molar-refractivity contribution < 1.29 is 49.2 Å². The van der Waals surface area contributed by atoms with Gasteiger partial charge in [-0.15, -0.1) is 0 Å². The van der Waals surface area contributed by atoms with Crippen LogP contribution in [-0.2, 0) is 28.8 Å². The smallest absolute Gasteiger partial charge is 0.328 e. The molecule has 16 nitrogen and oxygen atoms in total. The standard InChI is InChI=1S/C18H32N6O10/c1-7(25)13(22-10(28)4-19)16(31)21-5-11(29)20-6-12(30)23-14(8(2)26)17(32)24-15(9(3)27)18(33)34/h7-9,13-15,25-27H,4-6,19H2,1-3H3,(H,20,29)(H,21,31)(H,22,28)(H,23,30)(H,24,32)(H,33,34)/t7-,8-,9-,13+,14+,15+/m1/s1. The average molecular weight is 492 g/mol. The number of carbonyl (C=O) groups excluding carboxylic acids is 5. The van der Waals surface area contributed by atoms with E-state index < -0.39 is 91.6 Å². The molecule has 0 aliphatic rings. The van der Waals surface area contributed by atoms with Crippen molar-refractivity contribution in [3.05, 3.63) is 0 Å².